The number of hydrogen-bond acceptors (Lipinski definition) is 0. The molecule has 1 aromatic heterocycles. The van der Waals surface area contributed by atoms with Crippen LogP contribution in [0.2, 0.25) is 0 Å². The second-order valence-electron chi connectivity index (χ2n) is 3.85. The van der Waals surface area contributed by atoms with E-state index in [2.05, 4.69) is 67.1 Å². The summed E-state index contributed by atoms with van der Waals surface area (Å²) in [5, 5.41) is 0. The minimum absolute atomic E-state index is 0.262. The Balaban J connectivity index is 3.15. The van der Waals surface area contributed by atoms with Crippen LogP contribution in [-0.2, 0) is 12.5 Å². The van der Waals surface area contributed by atoms with E-state index in [4.69, 9.17) is 0 Å². The first-order valence-corrected chi connectivity index (χ1v) is 4.82. The van der Waals surface area contributed by atoms with Crippen LogP contribution in [0.1, 0.15) is 26.5 Å². The van der Waals surface area contributed by atoms with Crippen molar-refractivity contribution in [3.8, 4) is 0 Å². The van der Waals surface area contributed by atoms with Crippen molar-refractivity contribution in [3.05, 3.63) is 21.5 Å². The average molecular weight is 263 g/mol. The highest BCUT2D eigenvalue weighted by Crippen LogP contribution is 2.24. The molecule has 0 aromatic carbocycles. The molecule has 0 aliphatic heterocycles. The molecule has 0 N–H and O–H groups in total. The molecule has 0 bridgehead atoms. The van der Waals surface area contributed by atoms with Crippen molar-refractivity contribution >= 4 is 22.6 Å². The molecule has 0 aliphatic rings. The van der Waals surface area contributed by atoms with Gasteiger partial charge in [0.15, 0.2) is 0 Å². The second kappa shape index (κ2) is 2.81. The van der Waals surface area contributed by atoms with Crippen LogP contribution in [0.3, 0.4) is 0 Å². The third kappa shape index (κ3) is 1.78. The normalized spacial score (nSPS) is 12.1. The first-order chi connectivity index (χ1) is 4.93. The Labute approximate surface area is 81.9 Å². The summed E-state index contributed by atoms with van der Waals surface area (Å²) < 4.78 is 3.54. The maximum absolute atomic E-state index is 2.35. The maximum atomic E-state index is 2.35. The van der Waals surface area contributed by atoms with Gasteiger partial charge >= 0.3 is 0 Å². The molecule has 62 valence electrons. The largest absolute Gasteiger partial charge is 0.343 e. The predicted molar refractivity (Wildman–Crippen MR) is 56.8 cm³/mol. The highest BCUT2D eigenvalue weighted by Gasteiger charge is 2.17. The van der Waals surface area contributed by atoms with E-state index in [0.29, 0.717) is 0 Å². The van der Waals surface area contributed by atoms with E-state index >= 15 is 0 Å². The van der Waals surface area contributed by atoms with Crippen molar-refractivity contribution in [2.45, 2.75) is 26.2 Å². The summed E-state index contributed by atoms with van der Waals surface area (Å²) in [4.78, 5) is 0. The van der Waals surface area contributed by atoms with Crippen LogP contribution in [0.25, 0.3) is 0 Å². The maximum Gasteiger partial charge on any atom is 0.0797 e. The van der Waals surface area contributed by atoms with Gasteiger partial charge < -0.3 is 4.57 Å². The monoisotopic (exact) mass is 263 g/mol. The van der Waals surface area contributed by atoms with Crippen LogP contribution in [0.5, 0.6) is 0 Å². The Kier molecular flexibility index (Phi) is 2.32. The first kappa shape index (κ1) is 9.10. The van der Waals surface area contributed by atoms with E-state index in [0.717, 1.165) is 0 Å². The molecule has 0 saturated heterocycles. The van der Waals surface area contributed by atoms with Crippen molar-refractivity contribution in [3.63, 3.8) is 0 Å². The number of nitrogens with zero attached hydrogens (tertiary/aromatic N) is 1. The van der Waals surface area contributed by atoms with Crippen molar-refractivity contribution in [2.24, 2.45) is 7.05 Å². The number of rotatable bonds is 0. The van der Waals surface area contributed by atoms with E-state index in [-0.39, 0.29) is 5.41 Å². The zero-order valence-corrected chi connectivity index (χ0v) is 9.64. The molecule has 0 atom stereocenters. The summed E-state index contributed by atoms with van der Waals surface area (Å²) >= 11 is 2.35. The quantitative estimate of drug-likeness (QED) is 0.634. The first-order valence-electron chi connectivity index (χ1n) is 3.74. The molecule has 0 aliphatic carbocycles. The van der Waals surface area contributed by atoms with Gasteiger partial charge in [0.1, 0.15) is 0 Å². The summed E-state index contributed by atoms with van der Waals surface area (Å²) in [5.74, 6) is 0. The molecule has 1 heterocycles. The Morgan fingerprint density at radius 3 is 2.00 bits per heavy atom. The van der Waals surface area contributed by atoms with Crippen molar-refractivity contribution in [1.29, 1.82) is 0 Å². The fourth-order valence-corrected chi connectivity index (χ4v) is 1.68. The van der Waals surface area contributed by atoms with Gasteiger partial charge in [-0.05, 0) is 34.7 Å². The second-order valence-corrected chi connectivity index (χ2v) is 4.96. The molecule has 0 saturated carbocycles. The van der Waals surface area contributed by atoms with Gasteiger partial charge in [0.2, 0.25) is 0 Å². The molecule has 2 heteroatoms. The number of aromatic nitrogens is 1. The molecule has 0 radical (unpaired) electrons. The van der Waals surface area contributed by atoms with Crippen molar-refractivity contribution in [2.75, 3.05) is 0 Å². The van der Waals surface area contributed by atoms with E-state index in [1.807, 2.05) is 0 Å². The summed E-state index contributed by atoms with van der Waals surface area (Å²) in [5.41, 5.74) is 1.65. The lowest BCUT2D eigenvalue weighted by molar-refractivity contribution is 0.540. The lowest BCUT2D eigenvalue weighted by Gasteiger charge is -2.19. The van der Waals surface area contributed by atoms with Crippen molar-refractivity contribution < 1.29 is 0 Å². The summed E-state index contributed by atoms with van der Waals surface area (Å²) in [6.07, 6.45) is 0. The third-order valence-corrected chi connectivity index (χ3v) is 2.91. The zero-order chi connectivity index (χ0) is 8.65. The van der Waals surface area contributed by atoms with Crippen LogP contribution in [0.4, 0.5) is 0 Å². The topological polar surface area (TPSA) is 4.93 Å². The van der Waals surface area contributed by atoms with Gasteiger partial charge in [-0.25, -0.2) is 0 Å². The number of hydrogen-bond donors (Lipinski definition) is 0. The minimum atomic E-state index is 0.262. The van der Waals surface area contributed by atoms with Gasteiger partial charge in [-0.15, -0.1) is 0 Å². The molecular formula is C9H14IN. The lowest BCUT2D eigenvalue weighted by atomic mass is 9.92. The Morgan fingerprint density at radius 1 is 1.27 bits per heavy atom. The van der Waals surface area contributed by atoms with E-state index in [9.17, 15) is 0 Å². The van der Waals surface area contributed by atoms with Crippen molar-refractivity contribution in [1.82, 2.24) is 4.57 Å². The number of halogens is 1. The smallest absolute Gasteiger partial charge is 0.0797 e. The van der Waals surface area contributed by atoms with Gasteiger partial charge in [-0.3, -0.25) is 0 Å². The SMILES string of the molecule is Cn1c(I)ccc1C(C)(C)C. The molecular weight excluding hydrogens is 249 g/mol. The Morgan fingerprint density at radius 2 is 1.82 bits per heavy atom. The van der Waals surface area contributed by atoms with Crippen LogP contribution in [-0.4, -0.2) is 4.57 Å². The molecule has 1 nitrogen and oxygen atoms in total. The van der Waals surface area contributed by atoms with Crippen LogP contribution in [0, 0.1) is 3.70 Å². The molecule has 0 amide bonds. The predicted octanol–water partition coefficient (Wildman–Crippen LogP) is 2.93. The van der Waals surface area contributed by atoms with E-state index < -0.39 is 0 Å². The highest BCUT2D eigenvalue weighted by molar-refractivity contribution is 14.1. The van der Waals surface area contributed by atoms with Gasteiger partial charge in [0.25, 0.3) is 0 Å². The molecule has 0 fully saturated rings. The Bertz CT molecular complexity index is 255. The highest BCUT2D eigenvalue weighted by atomic mass is 127. The molecule has 11 heavy (non-hydrogen) atoms. The average Bonchev–Trinajstić information content (AvgIpc) is 2.11. The summed E-state index contributed by atoms with van der Waals surface area (Å²) in [6.45, 7) is 6.70. The fraction of sp³-hybridized carbons (Fsp3) is 0.556. The van der Waals surface area contributed by atoms with Crippen LogP contribution >= 0.6 is 22.6 Å². The van der Waals surface area contributed by atoms with Gasteiger partial charge in [-0.2, -0.15) is 0 Å². The van der Waals surface area contributed by atoms with E-state index in [1.165, 1.54) is 9.39 Å². The minimum Gasteiger partial charge on any atom is -0.343 e. The standard InChI is InChI=1S/C9H14IN/c1-9(2,3)7-5-6-8(10)11(7)4/h5-6H,1-4H3. The van der Waals surface area contributed by atoms with Crippen LogP contribution < -0.4 is 0 Å². The summed E-state index contributed by atoms with van der Waals surface area (Å²) in [7, 11) is 2.11. The molecule has 1 aromatic rings. The summed E-state index contributed by atoms with van der Waals surface area (Å²) in [6, 6.07) is 4.35. The molecule has 0 spiro atoms. The van der Waals surface area contributed by atoms with Gasteiger partial charge in [0, 0.05) is 18.2 Å². The molecule has 1 rings (SSSR count). The van der Waals surface area contributed by atoms with E-state index in [1.54, 1.807) is 0 Å². The van der Waals surface area contributed by atoms with Crippen LogP contribution in [0.15, 0.2) is 12.1 Å². The Hall–Kier alpha value is 0.01000. The van der Waals surface area contributed by atoms with Gasteiger partial charge in [0.05, 0.1) is 3.70 Å². The third-order valence-electron chi connectivity index (χ3n) is 1.83. The molecule has 0 unspecified atom stereocenters. The van der Waals surface area contributed by atoms with Gasteiger partial charge in [-0.1, -0.05) is 20.8 Å². The zero-order valence-electron chi connectivity index (χ0n) is 7.48. The fourth-order valence-electron chi connectivity index (χ4n) is 1.24. The lowest BCUT2D eigenvalue weighted by Crippen LogP contribution is -2.16.